The predicted octanol–water partition coefficient (Wildman–Crippen LogP) is 25.4. The quantitative estimate of drug-likeness (QED) is 0.0345. The van der Waals surface area contributed by atoms with Crippen molar-refractivity contribution in [3.8, 4) is 0 Å². The Morgan fingerprint density at radius 3 is 0.456 bits per heavy atom. The van der Waals surface area contributed by atoms with E-state index in [1.807, 2.05) is 0 Å². The van der Waals surface area contributed by atoms with Gasteiger partial charge in [0.1, 0.15) is 0 Å². The van der Waals surface area contributed by atoms with E-state index in [0.717, 1.165) is 51.4 Å². The van der Waals surface area contributed by atoms with Gasteiger partial charge in [0.25, 0.3) is 0 Å². The Balaban J connectivity index is -0.00000144. The number of unbranched alkanes of at least 4 members (excludes halogenated alkanes) is 48. The van der Waals surface area contributed by atoms with E-state index >= 15 is 0 Å². The Bertz CT molecular complexity index is 1150. The minimum Gasteiger partial charge on any atom is -0.799 e. The van der Waals surface area contributed by atoms with Crippen molar-refractivity contribution in [1.29, 1.82) is 0 Å². The maximum atomic E-state index is 12.3. The molecule has 0 atom stereocenters. The number of allylic oxidation sites excluding steroid dienone is 8. The first-order chi connectivity index (χ1) is 38.2. The van der Waals surface area contributed by atoms with Crippen LogP contribution in [0.15, 0.2) is 48.6 Å². The molecule has 468 valence electrons. The predicted molar refractivity (Wildman–Crippen MR) is 352 cm³/mol. The van der Waals surface area contributed by atoms with Crippen LogP contribution >= 0.6 is 14.7 Å². The summed E-state index contributed by atoms with van der Waals surface area (Å²) in [7, 11) is -6.27. The second-order valence-corrected chi connectivity index (χ2v) is 29.3. The van der Waals surface area contributed by atoms with Crippen LogP contribution in [0.4, 0.5) is 0 Å². The number of rotatable bonds is 64. The van der Waals surface area contributed by atoms with E-state index in [4.69, 9.17) is 0 Å². The third-order valence-corrected chi connectivity index (χ3v) is 20.0. The van der Waals surface area contributed by atoms with Crippen molar-refractivity contribution in [1.82, 2.24) is 0 Å². The Hall–Kier alpha value is -0.128. The molecular formula is C72H140CrO4P2. The second kappa shape index (κ2) is 72.1. The van der Waals surface area contributed by atoms with Gasteiger partial charge in [0.2, 0.25) is 0 Å². The molecule has 0 heterocycles. The number of hydrogen-bond acceptors (Lipinski definition) is 4. The second-order valence-electron chi connectivity index (χ2n) is 24.3. The molecule has 0 aliphatic heterocycles. The van der Waals surface area contributed by atoms with Gasteiger partial charge in [-0.25, -0.2) is 0 Å². The van der Waals surface area contributed by atoms with Crippen LogP contribution in [-0.4, -0.2) is 24.6 Å². The molecule has 0 aromatic rings. The SMILES string of the molecule is CCCCCCCC/C=C\CCCCCCCCP(=O)([O-])CCCCCCCC/C=C\CCCCCCCC.CCCCCCCC/C=C\CCCCCCCCP(=O)([O-])CCCCCCCC/C=C\CCCCCCCC.[Cr+2]. The van der Waals surface area contributed by atoms with Crippen LogP contribution in [0.5, 0.6) is 0 Å². The van der Waals surface area contributed by atoms with E-state index in [2.05, 4.69) is 76.3 Å². The van der Waals surface area contributed by atoms with Crippen molar-refractivity contribution in [2.24, 2.45) is 0 Å². The molecule has 0 bridgehead atoms. The maximum Gasteiger partial charge on any atom is 2.00 e. The summed E-state index contributed by atoms with van der Waals surface area (Å²) < 4.78 is 24.7. The first-order valence-corrected chi connectivity index (χ1v) is 39.4. The fourth-order valence-corrected chi connectivity index (χ4v) is 13.9. The van der Waals surface area contributed by atoms with Crippen LogP contribution in [0.3, 0.4) is 0 Å². The van der Waals surface area contributed by atoms with Crippen LogP contribution < -0.4 is 9.79 Å². The molecule has 0 unspecified atom stereocenters. The Morgan fingerprint density at radius 1 is 0.203 bits per heavy atom. The van der Waals surface area contributed by atoms with Crippen molar-refractivity contribution in [3.05, 3.63) is 48.6 Å². The summed E-state index contributed by atoms with van der Waals surface area (Å²) in [5.41, 5.74) is 0. The summed E-state index contributed by atoms with van der Waals surface area (Å²) in [5, 5.41) is 0. The molecule has 0 rings (SSSR count). The Morgan fingerprint density at radius 2 is 0.316 bits per heavy atom. The van der Waals surface area contributed by atoms with E-state index < -0.39 is 14.7 Å². The molecule has 4 nitrogen and oxygen atoms in total. The molecule has 0 aliphatic rings. The van der Waals surface area contributed by atoms with Gasteiger partial charge < -0.3 is 18.9 Å². The molecule has 0 aromatic heterocycles. The third kappa shape index (κ3) is 77.9. The zero-order valence-corrected chi connectivity index (χ0v) is 57.0. The molecule has 79 heavy (non-hydrogen) atoms. The summed E-state index contributed by atoms with van der Waals surface area (Å²) in [5.74, 6) is 0. The smallest absolute Gasteiger partial charge is 0.799 e. The monoisotopic (exact) mass is 1180 g/mol. The molecule has 0 saturated heterocycles. The van der Waals surface area contributed by atoms with E-state index in [9.17, 15) is 18.9 Å². The summed E-state index contributed by atoms with van der Waals surface area (Å²) in [6.07, 6.45) is 91.4. The van der Waals surface area contributed by atoms with E-state index in [0.29, 0.717) is 24.6 Å². The summed E-state index contributed by atoms with van der Waals surface area (Å²) in [4.78, 5) is 24.7. The van der Waals surface area contributed by atoms with Gasteiger partial charge in [-0.3, -0.25) is 0 Å². The van der Waals surface area contributed by atoms with Crippen LogP contribution in [0.25, 0.3) is 0 Å². The standard InChI is InChI=1S/2C36H71O2P.Cr/c2*1-3-5-7-9-11-13-15-17-19-21-23-25-27-29-31-33-35-39(37,38)36-34-32-30-28-26-24-22-20-18-16-14-12-10-8-6-4-2;/h2*17-20H,3-16,21-36H2,1-2H3,(H,37,38);/q;;+2/p-2/b2*19-17-,20-18-;. The molecule has 7 heteroatoms. The van der Waals surface area contributed by atoms with E-state index in [-0.39, 0.29) is 17.4 Å². The van der Waals surface area contributed by atoms with Crippen molar-refractivity contribution < 1.29 is 36.3 Å². The van der Waals surface area contributed by atoms with Crippen LogP contribution in [0, 0.1) is 0 Å². The van der Waals surface area contributed by atoms with Crippen molar-refractivity contribution in [2.75, 3.05) is 24.6 Å². The van der Waals surface area contributed by atoms with Crippen molar-refractivity contribution >= 4 is 14.7 Å². The fraction of sp³-hybridized carbons (Fsp3) is 0.889. The van der Waals surface area contributed by atoms with E-state index in [1.54, 1.807) is 0 Å². The van der Waals surface area contributed by atoms with Gasteiger partial charge in [-0.2, -0.15) is 0 Å². The fourth-order valence-electron chi connectivity index (χ4n) is 10.6. The van der Waals surface area contributed by atoms with Gasteiger partial charge in [0.05, 0.1) is 0 Å². The maximum absolute atomic E-state index is 12.3. The largest absolute Gasteiger partial charge is 2.00 e. The molecule has 0 aliphatic carbocycles. The summed E-state index contributed by atoms with van der Waals surface area (Å²) in [6.45, 7) is 9.09. The topological polar surface area (TPSA) is 80.3 Å². The first-order valence-electron chi connectivity index (χ1n) is 35.4. The van der Waals surface area contributed by atoms with Crippen LogP contribution in [-0.2, 0) is 26.5 Å². The van der Waals surface area contributed by atoms with Gasteiger partial charge in [-0.15, -0.1) is 0 Å². The van der Waals surface area contributed by atoms with Gasteiger partial charge >= 0.3 is 17.4 Å². The minimum atomic E-state index is -3.14. The van der Waals surface area contributed by atoms with Gasteiger partial charge in [-0.05, 0) is 153 Å². The molecule has 0 aromatic carbocycles. The molecule has 0 N–H and O–H groups in total. The zero-order chi connectivity index (χ0) is 57.1. The average molecular weight is 1180 g/mol. The molecule has 0 saturated carbocycles. The van der Waals surface area contributed by atoms with Gasteiger partial charge in [0, 0.05) is 14.7 Å². The average Bonchev–Trinajstić information content (AvgIpc) is 3.42. The van der Waals surface area contributed by atoms with Gasteiger partial charge in [-0.1, -0.05) is 307 Å². The molecule has 0 amide bonds. The number of hydrogen-bond donors (Lipinski definition) is 0. The van der Waals surface area contributed by atoms with E-state index in [1.165, 1.54) is 308 Å². The molecule has 0 fully saturated rings. The normalized spacial score (nSPS) is 12.2. The summed E-state index contributed by atoms with van der Waals surface area (Å²) in [6, 6.07) is 0. The summed E-state index contributed by atoms with van der Waals surface area (Å²) >= 11 is 0. The Kier molecular flexibility index (Phi) is 75.9. The first kappa shape index (κ1) is 83.1. The Labute approximate surface area is 508 Å². The van der Waals surface area contributed by atoms with Gasteiger partial charge in [0.15, 0.2) is 0 Å². The van der Waals surface area contributed by atoms with Crippen LogP contribution in [0.1, 0.15) is 387 Å². The third-order valence-electron chi connectivity index (χ3n) is 16.0. The zero-order valence-electron chi connectivity index (χ0n) is 54.0. The van der Waals surface area contributed by atoms with Crippen molar-refractivity contribution in [2.45, 2.75) is 387 Å². The molecule has 0 spiro atoms. The van der Waals surface area contributed by atoms with Crippen LogP contribution in [0.2, 0.25) is 0 Å². The van der Waals surface area contributed by atoms with Crippen molar-refractivity contribution in [3.63, 3.8) is 0 Å². The molecule has 0 radical (unpaired) electrons. The molecular weight excluding hydrogens is 1040 g/mol. The minimum absolute atomic E-state index is 0.